The van der Waals surface area contributed by atoms with Crippen molar-refractivity contribution < 1.29 is 19.2 Å². The van der Waals surface area contributed by atoms with E-state index in [9.17, 15) is 14.9 Å². The molecule has 1 aliphatic heterocycles. The number of nitro benzene ring substituents is 1. The molecule has 2 heterocycles. The van der Waals surface area contributed by atoms with Gasteiger partial charge in [0.15, 0.2) is 5.82 Å². The monoisotopic (exact) mass is 449 g/mol. The van der Waals surface area contributed by atoms with Crippen molar-refractivity contribution in [2.75, 3.05) is 45.3 Å². The molecule has 4 rings (SSSR count). The van der Waals surface area contributed by atoms with Crippen LogP contribution >= 0.6 is 0 Å². The zero-order valence-electron chi connectivity index (χ0n) is 18.3. The van der Waals surface area contributed by atoms with Gasteiger partial charge in [-0.1, -0.05) is 6.07 Å². The van der Waals surface area contributed by atoms with Crippen LogP contribution in [-0.2, 0) is 0 Å². The van der Waals surface area contributed by atoms with E-state index >= 15 is 0 Å². The Labute approximate surface area is 190 Å². The lowest BCUT2D eigenvalue weighted by Crippen LogP contribution is -2.49. The highest BCUT2D eigenvalue weighted by molar-refractivity contribution is 5.95. The average molecular weight is 449 g/mol. The molecule has 1 fully saturated rings. The van der Waals surface area contributed by atoms with Crippen LogP contribution in [0.1, 0.15) is 10.4 Å². The van der Waals surface area contributed by atoms with E-state index in [4.69, 9.17) is 9.47 Å². The number of amides is 1. The molecule has 2 aromatic carbocycles. The summed E-state index contributed by atoms with van der Waals surface area (Å²) in [6.45, 7) is 2.12. The molecule has 1 aromatic heterocycles. The third kappa shape index (κ3) is 4.69. The van der Waals surface area contributed by atoms with Gasteiger partial charge in [0.25, 0.3) is 11.6 Å². The summed E-state index contributed by atoms with van der Waals surface area (Å²) in [6, 6.07) is 15.1. The fourth-order valence-electron chi connectivity index (χ4n) is 3.73. The van der Waals surface area contributed by atoms with E-state index in [1.165, 1.54) is 18.2 Å². The van der Waals surface area contributed by atoms with Crippen LogP contribution in [0.4, 0.5) is 11.5 Å². The second kappa shape index (κ2) is 9.51. The number of carbonyl (C=O) groups excluding carboxylic acids is 1. The molecular weight excluding hydrogens is 426 g/mol. The van der Waals surface area contributed by atoms with Gasteiger partial charge in [0.05, 0.1) is 24.8 Å². The summed E-state index contributed by atoms with van der Waals surface area (Å²) >= 11 is 0. The largest absolute Gasteiger partial charge is 0.497 e. The third-order valence-corrected chi connectivity index (χ3v) is 5.53. The Morgan fingerprint density at radius 1 is 0.970 bits per heavy atom. The van der Waals surface area contributed by atoms with Gasteiger partial charge < -0.3 is 19.3 Å². The summed E-state index contributed by atoms with van der Waals surface area (Å²) in [6.07, 6.45) is 0. The highest BCUT2D eigenvalue weighted by atomic mass is 16.6. The molecule has 10 heteroatoms. The number of rotatable bonds is 6. The second-order valence-corrected chi connectivity index (χ2v) is 7.43. The summed E-state index contributed by atoms with van der Waals surface area (Å²) in [5.74, 6) is 1.86. The van der Waals surface area contributed by atoms with Crippen LogP contribution in [0.15, 0.2) is 54.6 Å². The van der Waals surface area contributed by atoms with Gasteiger partial charge in [0, 0.05) is 49.4 Å². The Kier molecular flexibility index (Phi) is 6.34. The molecule has 0 atom stereocenters. The summed E-state index contributed by atoms with van der Waals surface area (Å²) < 4.78 is 10.7. The summed E-state index contributed by atoms with van der Waals surface area (Å²) in [5, 5.41) is 19.7. The number of hydrogen-bond acceptors (Lipinski definition) is 8. The van der Waals surface area contributed by atoms with E-state index in [1.54, 1.807) is 25.2 Å². The van der Waals surface area contributed by atoms with E-state index in [1.807, 2.05) is 30.3 Å². The predicted molar refractivity (Wildman–Crippen MR) is 122 cm³/mol. The molecule has 1 aliphatic rings. The maximum Gasteiger partial charge on any atom is 0.270 e. The zero-order valence-corrected chi connectivity index (χ0v) is 18.3. The minimum Gasteiger partial charge on any atom is -0.497 e. The quantitative estimate of drug-likeness (QED) is 0.417. The Hall–Kier alpha value is -4.21. The lowest BCUT2D eigenvalue weighted by molar-refractivity contribution is -0.384. The highest BCUT2D eigenvalue weighted by Crippen LogP contribution is 2.32. The van der Waals surface area contributed by atoms with E-state index in [2.05, 4.69) is 15.1 Å². The van der Waals surface area contributed by atoms with Crippen LogP contribution in [-0.4, -0.2) is 66.3 Å². The lowest BCUT2D eigenvalue weighted by atomic mass is 10.1. The Morgan fingerprint density at radius 2 is 1.76 bits per heavy atom. The van der Waals surface area contributed by atoms with E-state index in [-0.39, 0.29) is 11.6 Å². The summed E-state index contributed by atoms with van der Waals surface area (Å²) in [4.78, 5) is 27.0. The standard InChI is InChI=1S/C23H23N5O5/c1-32-18-6-8-21(33-2)19(15-18)20-7-9-22(25-24-20)26-10-12-27(13-11-26)23(29)16-4-3-5-17(14-16)28(30)31/h3-9,14-15H,10-13H2,1-2H3. The summed E-state index contributed by atoms with van der Waals surface area (Å²) in [7, 11) is 3.20. The first-order valence-corrected chi connectivity index (χ1v) is 10.3. The molecule has 0 N–H and O–H groups in total. The molecule has 1 amide bonds. The van der Waals surface area contributed by atoms with E-state index in [0.717, 1.165) is 5.56 Å². The minimum atomic E-state index is -0.502. The van der Waals surface area contributed by atoms with Crippen LogP contribution < -0.4 is 14.4 Å². The number of piperazine rings is 1. The molecule has 33 heavy (non-hydrogen) atoms. The lowest BCUT2D eigenvalue weighted by Gasteiger charge is -2.35. The van der Waals surface area contributed by atoms with Crippen molar-refractivity contribution in [3.05, 3.63) is 70.3 Å². The van der Waals surface area contributed by atoms with Gasteiger partial charge >= 0.3 is 0 Å². The molecule has 10 nitrogen and oxygen atoms in total. The van der Waals surface area contributed by atoms with Gasteiger partial charge in [0.2, 0.25) is 0 Å². The molecule has 170 valence electrons. The van der Waals surface area contributed by atoms with Crippen LogP contribution in [0.2, 0.25) is 0 Å². The maximum atomic E-state index is 12.8. The molecule has 0 aliphatic carbocycles. The number of nitrogens with zero attached hydrogens (tertiary/aromatic N) is 5. The number of hydrogen-bond donors (Lipinski definition) is 0. The normalized spacial score (nSPS) is 13.5. The van der Waals surface area contributed by atoms with Crippen molar-refractivity contribution in [2.24, 2.45) is 0 Å². The first kappa shape index (κ1) is 22.0. The number of methoxy groups -OCH3 is 2. The number of nitro groups is 1. The van der Waals surface area contributed by atoms with Crippen molar-refractivity contribution in [3.63, 3.8) is 0 Å². The van der Waals surface area contributed by atoms with Gasteiger partial charge in [-0.25, -0.2) is 0 Å². The van der Waals surface area contributed by atoms with E-state index < -0.39 is 4.92 Å². The number of non-ortho nitro benzene ring substituents is 1. The first-order valence-electron chi connectivity index (χ1n) is 10.3. The molecule has 0 saturated carbocycles. The smallest absolute Gasteiger partial charge is 0.270 e. The van der Waals surface area contributed by atoms with Gasteiger partial charge in [-0.3, -0.25) is 14.9 Å². The Morgan fingerprint density at radius 3 is 2.39 bits per heavy atom. The van der Waals surface area contributed by atoms with Crippen LogP contribution in [0.25, 0.3) is 11.3 Å². The van der Waals surface area contributed by atoms with Crippen molar-refractivity contribution in [2.45, 2.75) is 0 Å². The number of benzene rings is 2. The van der Waals surface area contributed by atoms with Crippen LogP contribution in [0, 0.1) is 10.1 Å². The van der Waals surface area contributed by atoms with Crippen LogP contribution in [0.3, 0.4) is 0 Å². The molecule has 0 spiro atoms. The van der Waals surface area contributed by atoms with Crippen molar-refractivity contribution >= 4 is 17.4 Å². The number of anilines is 1. The second-order valence-electron chi connectivity index (χ2n) is 7.43. The van der Waals surface area contributed by atoms with Gasteiger partial charge in [-0.05, 0) is 36.4 Å². The van der Waals surface area contributed by atoms with Crippen molar-refractivity contribution in [3.8, 4) is 22.8 Å². The van der Waals surface area contributed by atoms with Gasteiger partial charge in [-0.15, -0.1) is 10.2 Å². The van der Waals surface area contributed by atoms with E-state index in [0.29, 0.717) is 54.8 Å². The fraction of sp³-hybridized carbons (Fsp3) is 0.261. The molecule has 3 aromatic rings. The van der Waals surface area contributed by atoms with Crippen LogP contribution in [0.5, 0.6) is 11.5 Å². The van der Waals surface area contributed by atoms with Gasteiger partial charge in [0.1, 0.15) is 11.5 Å². The predicted octanol–water partition coefficient (Wildman–Crippen LogP) is 3.03. The average Bonchev–Trinajstić information content (AvgIpc) is 2.88. The van der Waals surface area contributed by atoms with Crippen molar-refractivity contribution in [1.82, 2.24) is 15.1 Å². The molecule has 0 unspecified atom stereocenters. The number of aromatic nitrogens is 2. The van der Waals surface area contributed by atoms with Crippen molar-refractivity contribution in [1.29, 1.82) is 0 Å². The highest BCUT2D eigenvalue weighted by Gasteiger charge is 2.24. The third-order valence-electron chi connectivity index (χ3n) is 5.53. The Bertz CT molecular complexity index is 1160. The summed E-state index contributed by atoms with van der Waals surface area (Å²) in [5.41, 5.74) is 1.66. The Balaban J connectivity index is 1.43. The molecule has 0 radical (unpaired) electrons. The molecule has 1 saturated heterocycles. The van der Waals surface area contributed by atoms with Gasteiger partial charge in [-0.2, -0.15) is 0 Å². The molecular formula is C23H23N5O5. The minimum absolute atomic E-state index is 0.0949. The SMILES string of the molecule is COc1ccc(OC)c(-c2ccc(N3CCN(C(=O)c4cccc([N+](=O)[O-])c4)CC3)nn2)c1. The first-order chi connectivity index (χ1) is 16.0. The number of ether oxygens (including phenoxy) is 2. The number of carbonyl (C=O) groups is 1. The maximum absolute atomic E-state index is 12.8. The zero-order chi connectivity index (χ0) is 23.4. The fourth-order valence-corrected chi connectivity index (χ4v) is 3.73. The topological polar surface area (TPSA) is 111 Å². The molecule has 0 bridgehead atoms.